The Balaban J connectivity index is 1.93. The molecular formula is C20H32N4O. The van der Waals surface area contributed by atoms with Crippen LogP contribution in [0.4, 0.5) is 0 Å². The minimum absolute atomic E-state index is 0.154. The maximum Gasteiger partial charge on any atom is 0.253 e. The van der Waals surface area contributed by atoms with Gasteiger partial charge >= 0.3 is 0 Å². The zero-order valence-electron chi connectivity index (χ0n) is 15.8. The molecule has 1 heterocycles. The van der Waals surface area contributed by atoms with Crippen LogP contribution < -0.4 is 10.6 Å². The second-order valence-electron chi connectivity index (χ2n) is 7.02. The van der Waals surface area contributed by atoms with Gasteiger partial charge in [0.15, 0.2) is 5.96 Å². The third-order valence-corrected chi connectivity index (χ3v) is 4.29. The lowest BCUT2D eigenvalue weighted by molar-refractivity contribution is 0.0724. The molecule has 0 spiro atoms. The molecule has 5 nitrogen and oxygen atoms in total. The summed E-state index contributed by atoms with van der Waals surface area (Å²) in [6.45, 7) is 10.5. The number of benzene rings is 1. The van der Waals surface area contributed by atoms with Gasteiger partial charge < -0.3 is 15.5 Å². The molecule has 0 unspecified atom stereocenters. The van der Waals surface area contributed by atoms with Gasteiger partial charge in [-0.25, -0.2) is 4.99 Å². The molecule has 1 aromatic rings. The first-order valence-corrected chi connectivity index (χ1v) is 9.50. The van der Waals surface area contributed by atoms with E-state index in [9.17, 15) is 4.79 Å². The van der Waals surface area contributed by atoms with Crippen LogP contribution in [0.2, 0.25) is 0 Å². The molecule has 0 saturated carbocycles. The number of nitrogens with one attached hydrogen (secondary N) is 2. The number of aliphatic imine (C=N–C) groups is 1. The van der Waals surface area contributed by atoms with E-state index in [0.717, 1.165) is 56.1 Å². The van der Waals surface area contributed by atoms with Gasteiger partial charge in [-0.05, 0) is 49.8 Å². The maximum atomic E-state index is 12.5. The Morgan fingerprint density at radius 1 is 1.12 bits per heavy atom. The molecule has 0 aliphatic carbocycles. The predicted molar refractivity (Wildman–Crippen MR) is 104 cm³/mol. The van der Waals surface area contributed by atoms with Crippen LogP contribution in [0.25, 0.3) is 0 Å². The average molecular weight is 345 g/mol. The summed E-state index contributed by atoms with van der Waals surface area (Å²) in [5.74, 6) is 1.57. The van der Waals surface area contributed by atoms with E-state index >= 15 is 0 Å². The maximum absolute atomic E-state index is 12.5. The summed E-state index contributed by atoms with van der Waals surface area (Å²) in [6.07, 6.45) is 3.48. The highest BCUT2D eigenvalue weighted by molar-refractivity contribution is 5.94. The van der Waals surface area contributed by atoms with Gasteiger partial charge in [-0.1, -0.05) is 26.0 Å². The number of carbonyl (C=O) groups is 1. The quantitative estimate of drug-likeness (QED) is 0.616. The number of nitrogens with zero attached hydrogens (tertiary/aromatic N) is 2. The Labute approximate surface area is 151 Å². The lowest BCUT2D eigenvalue weighted by Gasteiger charge is -2.26. The standard InChI is InChI=1S/C20H32N4O/c1-4-21-20(22-14-16(2)3)23-15-17-8-10-18(11-9-17)19(25)24-12-6-5-7-13-24/h8-11,16H,4-7,12-15H2,1-3H3,(H2,21,22,23). The number of guanidine groups is 1. The zero-order valence-corrected chi connectivity index (χ0v) is 15.8. The molecule has 5 heteroatoms. The van der Waals surface area contributed by atoms with Crippen molar-refractivity contribution in [3.63, 3.8) is 0 Å². The van der Waals surface area contributed by atoms with Crippen LogP contribution in [-0.2, 0) is 6.54 Å². The van der Waals surface area contributed by atoms with Crippen molar-refractivity contribution in [2.45, 2.75) is 46.6 Å². The number of hydrogen-bond donors (Lipinski definition) is 2. The van der Waals surface area contributed by atoms with Crippen LogP contribution in [0, 0.1) is 5.92 Å². The van der Waals surface area contributed by atoms with Gasteiger partial charge in [-0.15, -0.1) is 0 Å². The first kappa shape index (κ1) is 19.3. The van der Waals surface area contributed by atoms with E-state index in [1.165, 1.54) is 6.42 Å². The van der Waals surface area contributed by atoms with Crippen molar-refractivity contribution in [1.29, 1.82) is 0 Å². The Morgan fingerprint density at radius 3 is 2.40 bits per heavy atom. The van der Waals surface area contributed by atoms with Gasteiger partial charge in [0.05, 0.1) is 6.54 Å². The summed E-state index contributed by atoms with van der Waals surface area (Å²) in [4.78, 5) is 19.1. The van der Waals surface area contributed by atoms with Gasteiger partial charge in [0.2, 0.25) is 0 Å². The number of likely N-dealkylation sites (tertiary alicyclic amines) is 1. The first-order valence-electron chi connectivity index (χ1n) is 9.50. The smallest absolute Gasteiger partial charge is 0.253 e. The molecule has 25 heavy (non-hydrogen) atoms. The Bertz CT molecular complexity index is 560. The average Bonchev–Trinajstić information content (AvgIpc) is 2.64. The minimum Gasteiger partial charge on any atom is -0.357 e. The van der Waals surface area contributed by atoms with Crippen LogP contribution in [0.5, 0.6) is 0 Å². The Hall–Kier alpha value is -2.04. The third kappa shape index (κ3) is 6.40. The molecule has 2 N–H and O–H groups in total. The van der Waals surface area contributed by atoms with E-state index < -0.39 is 0 Å². The van der Waals surface area contributed by atoms with Crippen LogP contribution in [0.1, 0.15) is 56.0 Å². The number of rotatable bonds is 6. The van der Waals surface area contributed by atoms with Crippen LogP contribution in [0.15, 0.2) is 29.3 Å². The Morgan fingerprint density at radius 2 is 1.80 bits per heavy atom. The minimum atomic E-state index is 0.154. The van der Waals surface area contributed by atoms with E-state index in [-0.39, 0.29) is 5.91 Å². The van der Waals surface area contributed by atoms with Crippen molar-refractivity contribution in [2.24, 2.45) is 10.9 Å². The molecule has 1 saturated heterocycles. The van der Waals surface area contributed by atoms with Crippen molar-refractivity contribution in [3.8, 4) is 0 Å². The van der Waals surface area contributed by atoms with Crippen molar-refractivity contribution in [2.75, 3.05) is 26.2 Å². The molecule has 1 aromatic carbocycles. The lowest BCUT2D eigenvalue weighted by Crippen LogP contribution is -2.39. The van der Waals surface area contributed by atoms with Crippen LogP contribution in [0.3, 0.4) is 0 Å². The third-order valence-electron chi connectivity index (χ3n) is 4.29. The molecule has 1 aliphatic rings. The van der Waals surface area contributed by atoms with E-state index in [4.69, 9.17) is 0 Å². The highest BCUT2D eigenvalue weighted by Crippen LogP contribution is 2.14. The van der Waals surface area contributed by atoms with Gasteiger partial charge in [-0.2, -0.15) is 0 Å². The summed E-state index contributed by atoms with van der Waals surface area (Å²) in [6, 6.07) is 7.87. The van der Waals surface area contributed by atoms with E-state index in [2.05, 4.69) is 36.4 Å². The normalized spacial score (nSPS) is 15.4. The van der Waals surface area contributed by atoms with Crippen LogP contribution in [-0.4, -0.2) is 42.9 Å². The first-order chi connectivity index (χ1) is 12.1. The molecule has 0 radical (unpaired) electrons. The molecule has 0 aromatic heterocycles. The van der Waals surface area contributed by atoms with Gasteiger partial charge in [-0.3, -0.25) is 4.79 Å². The Kier molecular flexibility index (Phi) is 7.76. The molecule has 138 valence electrons. The summed E-state index contributed by atoms with van der Waals surface area (Å²) < 4.78 is 0. The second kappa shape index (κ2) is 10.1. The largest absolute Gasteiger partial charge is 0.357 e. The van der Waals surface area contributed by atoms with Crippen molar-refractivity contribution in [3.05, 3.63) is 35.4 Å². The van der Waals surface area contributed by atoms with Gasteiger partial charge in [0.1, 0.15) is 0 Å². The monoisotopic (exact) mass is 344 g/mol. The number of amides is 1. The number of piperidine rings is 1. The molecule has 1 aliphatic heterocycles. The number of hydrogen-bond acceptors (Lipinski definition) is 2. The molecular weight excluding hydrogens is 312 g/mol. The highest BCUT2D eigenvalue weighted by Gasteiger charge is 2.17. The van der Waals surface area contributed by atoms with Crippen molar-refractivity contribution >= 4 is 11.9 Å². The predicted octanol–water partition coefficient (Wildman–Crippen LogP) is 3.02. The van der Waals surface area contributed by atoms with E-state index in [0.29, 0.717) is 12.5 Å². The molecule has 0 bridgehead atoms. The van der Waals surface area contributed by atoms with Crippen molar-refractivity contribution in [1.82, 2.24) is 15.5 Å². The fourth-order valence-electron chi connectivity index (χ4n) is 2.85. The molecule has 0 atom stereocenters. The van der Waals surface area contributed by atoms with Crippen LogP contribution >= 0.6 is 0 Å². The molecule has 2 rings (SSSR count). The zero-order chi connectivity index (χ0) is 18.1. The van der Waals surface area contributed by atoms with Gasteiger partial charge in [0, 0.05) is 31.7 Å². The fraction of sp³-hybridized carbons (Fsp3) is 0.600. The molecule has 1 fully saturated rings. The number of carbonyl (C=O) groups excluding carboxylic acids is 1. The van der Waals surface area contributed by atoms with E-state index in [1.54, 1.807) is 0 Å². The highest BCUT2D eigenvalue weighted by atomic mass is 16.2. The fourth-order valence-corrected chi connectivity index (χ4v) is 2.85. The summed E-state index contributed by atoms with van der Waals surface area (Å²) >= 11 is 0. The van der Waals surface area contributed by atoms with Gasteiger partial charge in [0.25, 0.3) is 5.91 Å². The topological polar surface area (TPSA) is 56.7 Å². The van der Waals surface area contributed by atoms with E-state index in [1.807, 2.05) is 29.2 Å². The summed E-state index contributed by atoms with van der Waals surface area (Å²) in [5.41, 5.74) is 1.89. The summed E-state index contributed by atoms with van der Waals surface area (Å²) in [7, 11) is 0. The second-order valence-corrected chi connectivity index (χ2v) is 7.02. The molecule has 1 amide bonds. The lowest BCUT2D eigenvalue weighted by atomic mass is 10.1. The summed E-state index contributed by atoms with van der Waals surface area (Å²) in [5, 5.41) is 6.60. The van der Waals surface area contributed by atoms with Crippen molar-refractivity contribution < 1.29 is 4.79 Å². The SMILES string of the molecule is CCNC(=NCc1ccc(C(=O)N2CCCCC2)cc1)NCC(C)C.